The molecule has 186 valence electrons. The van der Waals surface area contributed by atoms with Crippen molar-refractivity contribution in [3.63, 3.8) is 0 Å². The number of benzene rings is 3. The summed E-state index contributed by atoms with van der Waals surface area (Å²) < 4.78 is 16.7. The van der Waals surface area contributed by atoms with Gasteiger partial charge in [-0.2, -0.15) is 0 Å². The van der Waals surface area contributed by atoms with Crippen molar-refractivity contribution in [2.45, 2.75) is 25.9 Å². The molecule has 1 amide bonds. The van der Waals surface area contributed by atoms with Crippen LogP contribution in [0.4, 0.5) is 0 Å². The number of amides is 1. The van der Waals surface area contributed by atoms with Gasteiger partial charge >= 0.3 is 0 Å². The highest BCUT2D eigenvalue weighted by Crippen LogP contribution is 2.49. The van der Waals surface area contributed by atoms with Gasteiger partial charge < -0.3 is 19.1 Å². The van der Waals surface area contributed by atoms with Crippen LogP contribution in [-0.4, -0.2) is 32.1 Å². The van der Waals surface area contributed by atoms with Crippen LogP contribution in [0.2, 0.25) is 0 Å². The molecule has 1 fully saturated rings. The molecule has 3 aromatic carbocycles. The Kier molecular flexibility index (Phi) is 6.73. The number of rotatable bonds is 7. The third-order valence-corrected chi connectivity index (χ3v) is 7.58. The van der Waals surface area contributed by atoms with Crippen molar-refractivity contribution in [2.24, 2.45) is 17.8 Å². The average molecular weight is 484 g/mol. The summed E-state index contributed by atoms with van der Waals surface area (Å²) in [6.45, 7) is 2.81. The smallest absolute Gasteiger partial charge is 0.227 e. The molecular weight excluding hydrogens is 450 g/mol. The van der Waals surface area contributed by atoms with Crippen LogP contribution in [0.3, 0.4) is 0 Å². The first-order valence-corrected chi connectivity index (χ1v) is 12.5. The largest absolute Gasteiger partial charge is 0.493 e. The van der Waals surface area contributed by atoms with Gasteiger partial charge in [0, 0.05) is 18.4 Å². The fourth-order valence-corrected chi connectivity index (χ4v) is 5.85. The first-order chi connectivity index (χ1) is 17.5. The van der Waals surface area contributed by atoms with Crippen molar-refractivity contribution in [3.05, 3.63) is 90.0 Å². The van der Waals surface area contributed by atoms with Gasteiger partial charge in [-0.3, -0.25) is 4.79 Å². The first kappa shape index (κ1) is 24.0. The lowest BCUT2D eigenvalue weighted by Gasteiger charge is -2.30. The number of hydrogen-bond donors (Lipinski definition) is 0. The van der Waals surface area contributed by atoms with Gasteiger partial charge in [0.15, 0.2) is 11.5 Å². The van der Waals surface area contributed by atoms with E-state index in [4.69, 9.17) is 14.2 Å². The minimum atomic E-state index is -0.0244. The maximum absolute atomic E-state index is 13.8. The van der Waals surface area contributed by atoms with E-state index in [9.17, 15) is 4.79 Å². The Morgan fingerprint density at radius 1 is 0.861 bits per heavy atom. The third kappa shape index (κ3) is 4.23. The summed E-state index contributed by atoms with van der Waals surface area (Å²) in [4.78, 5) is 15.9. The van der Waals surface area contributed by atoms with Crippen LogP contribution in [0.1, 0.15) is 30.5 Å². The Balaban J connectivity index is 1.58. The summed E-state index contributed by atoms with van der Waals surface area (Å²) in [6.07, 6.45) is 5.47. The number of carbonyl (C=O) groups excluding carboxylic acids is 1. The number of carbonyl (C=O) groups is 1. The zero-order valence-corrected chi connectivity index (χ0v) is 21.3. The summed E-state index contributed by atoms with van der Waals surface area (Å²) >= 11 is 0. The van der Waals surface area contributed by atoms with Crippen LogP contribution in [-0.2, 0) is 11.3 Å². The van der Waals surface area contributed by atoms with Crippen LogP contribution in [0, 0.1) is 17.8 Å². The SMILES string of the molecule is COc1cc(-c2cccc([C@H]3[C@@H]4C=CC[C@H](C)[C@H]4C(=O)N3Cc3ccccc3)c2)cc(OC)c1OC. The Hall–Kier alpha value is -3.73. The van der Waals surface area contributed by atoms with Crippen LogP contribution in [0.5, 0.6) is 17.2 Å². The second kappa shape index (κ2) is 10.1. The Morgan fingerprint density at radius 2 is 1.58 bits per heavy atom. The maximum atomic E-state index is 13.8. The highest BCUT2D eigenvalue weighted by atomic mass is 16.5. The minimum absolute atomic E-state index is 0.00791. The lowest BCUT2D eigenvalue weighted by molar-refractivity contribution is -0.134. The zero-order valence-electron chi connectivity index (χ0n) is 21.3. The molecule has 5 rings (SSSR count). The van der Waals surface area contributed by atoms with Crippen molar-refractivity contribution in [2.75, 3.05) is 21.3 Å². The highest BCUT2D eigenvalue weighted by Gasteiger charge is 2.50. The molecule has 0 aromatic heterocycles. The molecule has 5 nitrogen and oxygen atoms in total. The van der Waals surface area contributed by atoms with Crippen molar-refractivity contribution in [1.29, 1.82) is 0 Å². The van der Waals surface area contributed by atoms with Gasteiger partial charge in [0.25, 0.3) is 0 Å². The predicted octanol–water partition coefficient (Wildman–Crippen LogP) is 6.29. The monoisotopic (exact) mass is 483 g/mol. The average Bonchev–Trinajstić information content (AvgIpc) is 3.20. The number of allylic oxidation sites excluding steroid dienone is 1. The molecule has 3 aromatic rings. The van der Waals surface area contributed by atoms with E-state index in [1.807, 2.05) is 30.3 Å². The highest BCUT2D eigenvalue weighted by molar-refractivity contribution is 5.83. The Labute approximate surface area is 213 Å². The molecule has 0 bridgehead atoms. The number of methoxy groups -OCH3 is 3. The summed E-state index contributed by atoms with van der Waals surface area (Å²) in [5, 5.41) is 0. The van der Waals surface area contributed by atoms with E-state index < -0.39 is 0 Å². The van der Waals surface area contributed by atoms with E-state index in [1.165, 1.54) is 0 Å². The second-order valence-electron chi connectivity index (χ2n) is 9.68. The third-order valence-electron chi connectivity index (χ3n) is 7.58. The molecule has 4 atom stereocenters. The molecule has 0 radical (unpaired) electrons. The Morgan fingerprint density at radius 3 is 2.25 bits per heavy atom. The van der Waals surface area contributed by atoms with E-state index in [2.05, 4.69) is 60.4 Å². The van der Waals surface area contributed by atoms with Gasteiger partial charge in [0.1, 0.15) is 0 Å². The fourth-order valence-electron chi connectivity index (χ4n) is 5.85. The topological polar surface area (TPSA) is 48.0 Å². The quantitative estimate of drug-likeness (QED) is 0.371. The molecule has 5 heteroatoms. The standard InChI is InChI=1S/C31H33NO4/c1-20-10-8-15-25-28(20)31(33)32(19-21-11-6-5-7-12-21)29(25)23-14-9-13-22(16-23)24-17-26(34-2)30(36-4)27(18-24)35-3/h5-9,11-18,20,25,28-29H,10,19H2,1-4H3/t20-,25+,28+,29-/m0/s1. The Bertz CT molecular complexity index is 1240. The van der Waals surface area contributed by atoms with Gasteiger partial charge in [0.05, 0.1) is 27.4 Å². The van der Waals surface area contributed by atoms with E-state index in [0.29, 0.717) is 29.7 Å². The number of hydrogen-bond acceptors (Lipinski definition) is 4. The summed E-state index contributed by atoms with van der Waals surface area (Å²) in [6, 6.07) is 22.7. The summed E-state index contributed by atoms with van der Waals surface area (Å²) in [5.41, 5.74) is 4.29. The molecular formula is C31H33NO4. The summed E-state index contributed by atoms with van der Waals surface area (Å²) in [7, 11) is 4.85. The van der Waals surface area contributed by atoms with Gasteiger partial charge in [-0.25, -0.2) is 0 Å². The van der Waals surface area contributed by atoms with Gasteiger partial charge in [-0.1, -0.05) is 67.6 Å². The lowest BCUT2D eigenvalue weighted by Crippen LogP contribution is -2.30. The fraction of sp³-hybridized carbons (Fsp3) is 0.323. The molecule has 0 spiro atoms. The molecule has 0 saturated carbocycles. The molecule has 0 N–H and O–H groups in total. The van der Waals surface area contributed by atoms with Gasteiger partial charge in [0.2, 0.25) is 11.7 Å². The van der Waals surface area contributed by atoms with Crippen molar-refractivity contribution in [3.8, 4) is 28.4 Å². The number of ether oxygens (including phenoxy) is 3. The van der Waals surface area contributed by atoms with E-state index >= 15 is 0 Å². The molecule has 2 aliphatic rings. The van der Waals surface area contributed by atoms with E-state index in [-0.39, 0.29) is 23.8 Å². The van der Waals surface area contributed by atoms with E-state index in [1.54, 1.807) is 21.3 Å². The summed E-state index contributed by atoms with van der Waals surface area (Å²) in [5.74, 6) is 2.54. The maximum Gasteiger partial charge on any atom is 0.227 e. The van der Waals surface area contributed by atoms with Crippen LogP contribution >= 0.6 is 0 Å². The molecule has 1 aliphatic carbocycles. The normalized spacial score (nSPS) is 22.9. The van der Waals surface area contributed by atoms with Crippen LogP contribution in [0.25, 0.3) is 11.1 Å². The minimum Gasteiger partial charge on any atom is -0.493 e. The van der Waals surface area contributed by atoms with Crippen molar-refractivity contribution in [1.82, 2.24) is 4.90 Å². The van der Waals surface area contributed by atoms with Crippen LogP contribution < -0.4 is 14.2 Å². The number of likely N-dealkylation sites (tertiary alicyclic amines) is 1. The van der Waals surface area contributed by atoms with Crippen LogP contribution in [0.15, 0.2) is 78.9 Å². The van der Waals surface area contributed by atoms with E-state index in [0.717, 1.165) is 28.7 Å². The zero-order chi connectivity index (χ0) is 25.2. The van der Waals surface area contributed by atoms with Crippen molar-refractivity contribution >= 4 is 5.91 Å². The lowest BCUT2D eigenvalue weighted by atomic mass is 9.75. The number of nitrogens with zero attached hydrogens (tertiary/aromatic N) is 1. The van der Waals surface area contributed by atoms with Crippen molar-refractivity contribution < 1.29 is 19.0 Å². The molecule has 36 heavy (non-hydrogen) atoms. The van der Waals surface area contributed by atoms with Gasteiger partial charge in [-0.05, 0) is 52.8 Å². The molecule has 0 unspecified atom stereocenters. The first-order valence-electron chi connectivity index (χ1n) is 12.5. The molecule has 1 aliphatic heterocycles. The predicted molar refractivity (Wildman–Crippen MR) is 141 cm³/mol. The second-order valence-corrected chi connectivity index (χ2v) is 9.68. The van der Waals surface area contributed by atoms with Gasteiger partial charge in [-0.15, -0.1) is 0 Å². The molecule has 1 heterocycles. The number of fused-ring (bicyclic) bond motifs is 1. The molecule has 1 saturated heterocycles.